The van der Waals surface area contributed by atoms with Crippen molar-refractivity contribution in [2.75, 3.05) is 0 Å². The monoisotopic (exact) mass is 108 g/mol. The van der Waals surface area contributed by atoms with Crippen LogP contribution in [-0.2, 0) is 0 Å². The molecule has 0 bridgehead atoms. The van der Waals surface area contributed by atoms with E-state index in [9.17, 15) is 5.21 Å². The first-order chi connectivity index (χ1) is 3.80. The van der Waals surface area contributed by atoms with E-state index in [1.807, 2.05) is 0 Å². The van der Waals surface area contributed by atoms with Crippen molar-refractivity contribution in [3.05, 3.63) is 35.3 Å². The van der Waals surface area contributed by atoms with Gasteiger partial charge in [0, 0.05) is 19.1 Å². The predicted molar refractivity (Wildman–Crippen MR) is 29.0 cm³/mol. The third-order valence-corrected chi connectivity index (χ3v) is 0.946. The number of hydrogen-bond donors (Lipinski definition) is 0. The second kappa shape index (κ2) is 1.82. The molecule has 1 radical (unpaired) electrons. The summed E-state index contributed by atoms with van der Waals surface area (Å²) in [6.07, 6.45) is 1.43. The fourth-order valence-corrected chi connectivity index (χ4v) is 0.461. The number of hydrogen-bond acceptors (Lipinski definition) is 1. The largest absolute Gasteiger partial charge is 0.619 e. The lowest BCUT2D eigenvalue weighted by atomic mass is 10.4. The minimum atomic E-state index is 0.674. The molecule has 0 aliphatic carbocycles. The van der Waals surface area contributed by atoms with Crippen molar-refractivity contribution in [2.24, 2.45) is 0 Å². The van der Waals surface area contributed by atoms with Crippen LogP contribution in [-0.4, -0.2) is 0 Å². The zero-order valence-electron chi connectivity index (χ0n) is 4.59. The Morgan fingerprint density at radius 3 is 2.88 bits per heavy atom. The highest BCUT2D eigenvalue weighted by atomic mass is 16.5. The third-order valence-electron chi connectivity index (χ3n) is 0.946. The summed E-state index contributed by atoms with van der Waals surface area (Å²) in [5, 5.41) is 10.5. The fourth-order valence-electron chi connectivity index (χ4n) is 0.461. The van der Waals surface area contributed by atoms with Crippen LogP contribution in [0.25, 0.3) is 0 Å². The molecule has 1 heterocycles. The van der Waals surface area contributed by atoms with Gasteiger partial charge in [-0.05, 0) is 6.07 Å². The molecule has 0 amide bonds. The molecule has 0 saturated carbocycles. The van der Waals surface area contributed by atoms with Gasteiger partial charge in [0.15, 0.2) is 11.9 Å². The van der Waals surface area contributed by atoms with Gasteiger partial charge in [-0.2, -0.15) is 4.73 Å². The first-order valence-electron chi connectivity index (χ1n) is 2.36. The molecule has 0 unspecified atom stereocenters. The third kappa shape index (κ3) is 0.780. The summed E-state index contributed by atoms with van der Waals surface area (Å²) in [6.45, 7) is 1.74. The first kappa shape index (κ1) is 5.09. The second-order valence-electron chi connectivity index (χ2n) is 1.59. The number of aromatic nitrogens is 1. The van der Waals surface area contributed by atoms with Crippen LogP contribution in [0.4, 0.5) is 0 Å². The molecule has 0 N–H and O–H groups in total. The molecule has 0 aromatic carbocycles. The van der Waals surface area contributed by atoms with E-state index in [1.54, 1.807) is 19.1 Å². The lowest BCUT2D eigenvalue weighted by molar-refractivity contribution is -0.612. The van der Waals surface area contributed by atoms with Crippen LogP contribution >= 0.6 is 0 Å². The Bertz CT molecular complexity index is 165. The van der Waals surface area contributed by atoms with E-state index in [2.05, 4.69) is 6.07 Å². The normalized spacial score (nSPS) is 9.12. The molecule has 0 aliphatic rings. The van der Waals surface area contributed by atoms with Crippen LogP contribution in [0.5, 0.6) is 0 Å². The van der Waals surface area contributed by atoms with E-state index in [0.717, 1.165) is 4.73 Å². The molecule has 1 rings (SSSR count). The summed E-state index contributed by atoms with van der Waals surface area (Å²) in [5.41, 5.74) is 0.674. The average molecular weight is 108 g/mol. The standard InChI is InChI=1S/C6H6NO/c1-6-4-2-3-5-7(6)8/h3-5H,1H3. The summed E-state index contributed by atoms with van der Waals surface area (Å²) in [4.78, 5) is 0. The molecule has 0 fully saturated rings. The maximum absolute atomic E-state index is 10.5. The summed E-state index contributed by atoms with van der Waals surface area (Å²) in [7, 11) is 0. The summed E-state index contributed by atoms with van der Waals surface area (Å²) in [6, 6.07) is 6.01. The van der Waals surface area contributed by atoms with Gasteiger partial charge in [0.1, 0.15) is 0 Å². The van der Waals surface area contributed by atoms with Crippen LogP contribution in [0.1, 0.15) is 5.69 Å². The molecule has 1 aromatic heterocycles. The Hall–Kier alpha value is -1.05. The van der Waals surface area contributed by atoms with Crippen molar-refractivity contribution in [3.8, 4) is 0 Å². The van der Waals surface area contributed by atoms with E-state index in [4.69, 9.17) is 0 Å². The molecule has 0 spiro atoms. The molecule has 2 nitrogen and oxygen atoms in total. The van der Waals surface area contributed by atoms with Crippen molar-refractivity contribution < 1.29 is 4.73 Å². The SMILES string of the molecule is Cc1c[c]cc[n+]1[O-]. The molecule has 8 heavy (non-hydrogen) atoms. The van der Waals surface area contributed by atoms with Gasteiger partial charge in [-0.15, -0.1) is 0 Å². The number of rotatable bonds is 0. The summed E-state index contributed by atoms with van der Waals surface area (Å²) < 4.78 is 0.802. The van der Waals surface area contributed by atoms with Crippen molar-refractivity contribution in [1.82, 2.24) is 0 Å². The Kier molecular flexibility index (Phi) is 1.16. The second-order valence-corrected chi connectivity index (χ2v) is 1.59. The van der Waals surface area contributed by atoms with Crippen LogP contribution in [0.2, 0.25) is 0 Å². The maximum Gasteiger partial charge on any atom is 0.190 e. The van der Waals surface area contributed by atoms with Gasteiger partial charge in [0.25, 0.3) is 0 Å². The first-order valence-corrected chi connectivity index (χ1v) is 2.36. The van der Waals surface area contributed by atoms with Gasteiger partial charge in [0.2, 0.25) is 0 Å². The quantitative estimate of drug-likeness (QED) is 0.349. The van der Waals surface area contributed by atoms with Gasteiger partial charge < -0.3 is 5.21 Å². The Labute approximate surface area is 48.0 Å². The average Bonchev–Trinajstić information content (AvgIpc) is 1.77. The van der Waals surface area contributed by atoms with Crippen LogP contribution in [0.3, 0.4) is 0 Å². The Morgan fingerprint density at radius 1 is 1.75 bits per heavy atom. The highest BCUT2D eigenvalue weighted by molar-refractivity contribution is 4.92. The van der Waals surface area contributed by atoms with E-state index in [-0.39, 0.29) is 0 Å². The van der Waals surface area contributed by atoms with Crippen LogP contribution in [0.15, 0.2) is 18.3 Å². The maximum atomic E-state index is 10.5. The zero-order valence-corrected chi connectivity index (χ0v) is 4.59. The van der Waals surface area contributed by atoms with Crippen molar-refractivity contribution >= 4 is 0 Å². The van der Waals surface area contributed by atoms with E-state index in [0.29, 0.717) is 5.69 Å². The molecule has 0 atom stereocenters. The van der Waals surface area contributed by atoms with E-state index < -0.39 is 0 Å². The molecular weight excluding hydrogens is 102 g/mol. The highest BCUT2D eigenvalue weighted by Gasteiger charge is 1.89. The predicted octanol–water partition coefficient (Wildman–Crippen LogP) is 0.429. The summed E-state index contributed by atoms with van der Waals surface area (Å²) in [5.74, 6) is 0. The van der Waals surface area contributed by atoms with Gasteiger partial charge >= 0.3 is 0 Å². The van der Waals surface area contributed by atoms with Gasteiger partial charge in [-0.3, -0.25) is 0 Å². The molecular formula is C6H6NO. The minimum absolute atomic E-state index is 0.674. The Balaban J connectivity index is 3.13. The van der Waals surface area contributed by atoms with E-state index in [1.165, 1.54) is 6.20 Å². The molecule has 41 valence electrons. The number of nitrogens with zero attached hydrogens (tertiary/aromatic N) is 1. The number of aryl methyl sites for hydroxylation is 1. The van der Waals surface area contributed by atoms with Crippen molar-refractivity contribution in [1.29, 1.82) is 0 Å². The van der Waals surface area contributed by atoms with Crippen molar-refractivity contribution in [2.45, 2.75) is 6.92 Å². The van der Waals surface area contributed by atoms with Gasteiger partial charge in [0.05, 0.1) is 0 Å². The van der Waals surface area contributed by atoms with E-state index >= 15 is 0 Å². The lowest BCUT2D eigenvalue weighted by Gasteiger charge is -1.94. The lowest BCUT2D eigenvalue weighted by Crippen LogP contribution is -2.28. The summed E-state index contributed by atoms with van der Waals surface area (Å²) >= 11 is 0. The van der Waals surface area contributed by atoms with Crippen LogP contribution in [0, 0.1) is 18.2 Å². The fraction of sp³-hybridized carbons (Fsp3) is 0.167. The molecule has 0 saturated heterocycles. The van der Waals surface area contributed by atoms with Crippen LogP contribution < -0.4 is 4.73 Å². The van der Waals surface area contributed by atoms with Crippen molar-refractivity contribution in [3.63, 3.8) is 0 Å². The molecule has 2 heteroatoms. The molecule has 0 aliphatic heterocycles. The topological polar surface area (TPSA) is 26.9 Å². The Morgan fingerprint density at radius 2 is 2.50 bits per heavy atom. The smallest absolute Gasteiger partial charge is 0.190 e. The molecule has 1 aromatic rings. The van der Waals surface area contributed by atoms with Gasteiger partial charge in [-0.1, -0.05) is 0 Å². The minimum Gasteiger partial charge on any atom is -0.619 e. The highest BCUT2D eigenvalue weighted by Crippen LogP contribution is 1.82. The zero-order chi connectivity index (χ0) is 5.98. The number of pyridine rings is 1. The van der Waals surface area contributed by atoms with Gasteiger partial charge in [-0.25, -0.2) is 0 Å².